The minimum atomic E-state index is -4.47. The van der Waals surface area contributed by atoms with Crippen molar-refractivity contribution in [3.05, 3.63) is 51.7 Å². The van der Waals surface area contributed by atoms with Gasteiger partial charge in [0.1, 0.15) is 16.5 Å². The van der Waals surface area contributed by atoms with Crippen LogP contribution in [0.5, 0.6) is 0 Å². The molecule has 1 aromatic carbocycles. The maximum atomic E-state index is 13.0. The Morgan fingerprint density at radius 2 is 1.84 bits per heavy atom. The normalized spacial score (nSPS) is 15.0. The molecular weight excluding hydrogens is 425 g/mol. The lowest BCUT2D eigenvalue weighted by Gasteiger charge is -2.36. The lowest BCUT2D eigenvalue weighted by atomic mass is 10.1. The average Bonchev–Trinajstić information content (AvgIpc) is 3.05. The third-order valence-corrected chi connectivity index (χ3v) is 6.78. The second kappa shape index (κ2) is 8.11. The molecule has 0 atom stereocenters. The van der Waals surface area contributed by atoms with Crippen LogP contribution in [0.3, 0.4) is 0 Å². The summed E-state index contributed by atoms with van der Waals surface area (Å²) in [7, 11) is 0. The van der Waals surface area contributed by atoms with E-state index < -0.39 is 11.7 Å². The van der Waals surface area contributed by atoms with Crippen LogP contribution in [0, 0.1) is 13.8 Å². The van der Waals surface area contributed by atoms with Crippen molar-refractivity contribution in [3.8, 4) is 0 Å². The molecule has 0 spiro atoms. The Morgan fingerprint density at radius 3 is 2.48 bits per heavy atom. The zero-order valence-electron chi connectivity index (χ0n) is 17.6. The monoisotopic (exact) mass is 448 g/mol. The molecule has 1 saturated heterocycles. The zero-order chi connectivity index (χ0) is 22.3. The average molecular weight is 449 g/mol. The Bertz CT molecular complexity index is 1130. The minimum absolute atomic E-state index is 0.0604. The molecule has 31 heavy (non-hydrogen) atoms. The highest BCUT2D eigenvalue weighted by Gasteiger charge is 2.32. The van der Waals surface area contributed by atoms with Crippen molar-refractivity contribution < 1.29 is 18.0 Å². The standard InChI is InChI=1S/C22H23F3N4OS/c1-4-17-26-19(18-13(2)14(3)31-20(18)27-17)28-8-10-29(11-9-28)21(30)15-6-5-7-16(12-15)22(23,24)25/h5-7,12H,4,8-11H2,1-3H3. The maximum absolute atomic E-state index is 13.0. The van der Waals surface area contributed by atoms with Gasteiger partial charge in [-0.2, -0.15) is 13.2 Å². The molecule has 0 aliphatic carbocycles. The Morgan fingerprint density at radius 1 is 1.13 bits per heavy atom. The molecule has 0 saturated carbocycles. The van der Waals surface area contributed by atoms with E-state index in [1.54, 1.807) is 16.2 Å². The molecule has 0 unspecified atom stereocenters. The summed E-state index contributed by atoms with van der Waals surface area (Å²) >= 11 is 1.66. The van der Waals surface area contributed by atoms with E-state index in [0.717, 1.165) is 40.4 Å². The number of thiophene rings is 1. The number of halogens is 3. The van der Waals surface area contributed by atoms with Crippen LogP contribution in [-0.4, -0.2) is 47.0 Å². The van der Waals surface area contributed by atoms with Gasteiger partial charge in [0.15, 0.2) is 0 Å². The maximum Gasteiger partial charge on any atom is 0.416 e. The minimum Gasteiger partial charge on any atom is -0.352 e. The number of hydrogen-bond acceptors (Lipinski definition) is 5. The fraction of sp³-hybridized carbons (Fsp3) is 0.409. The summed E-state index contributed by atoms with van der Waals surface area (Å²) in [6.07, 6.45) is -3.74. The first-order chi connectivity index (χ1) is 14.7. The van der Waals surface area contributed by atoms with E-state index >= 15 is 0 Å². The van der Waals surface area contributed by atoms with Crippen LogP contribution < -0.4 is 4.90 Å². The molecule has 0 radical (unpaired) electrons. The van der Waals surface area contributed by atoms with Crippen molar-refractivity contribution >= 4 is 33.3 Å². The van der Waals surface area contributed by atoms with Gasteiger partial charge in [-0.3, -0.25) is 4.79 Å². The molecule has 4 rings (SSSR count). The predicted octanol–water partition coefficient (Wildman–Crippen LogP) is 4.85. The van der Waals surface area contributed by atoms with Gasteiger partial charge in [0.05, 0.1) is 10.9 Å². The number of anilines is 1. The van der Waals surface area contributed by atoms with E-state index in [-0.39, 0.29) is 11.5 Å². The number of aromatic nitrogens is 2. The molecule has 1 amide bonds. The molecule has 3 aromatic rings. The summed E-state index contributed by atoms with van der Waals surface area (Å²) in [6.45, 7) is 8.13. The summed E-state index contributed by atoms with van der Waals surface area (Å²) in [5.74, 6) is 1.29. The number of alkyl halides is 3. The highest BCUT2D eigenvalue weighted by atomic mass is 32.1. The SMILES string of the molecule is CCc1nc(N2CCN(C(=O)c3cccc(C(F)(F)F)c3)CC2)c2c(C)c(C)sc2n1. The highest BCUT2D eigenvalue weighted by molar-refractivity contribution is 7.18. The van der Waals surface area contributed by atoms with Crippen LogP contribution in [0.4, 0.5) is 19.0 Å². The van der Waals surface area contributed by atoms with Gasteiger partial charge in [-0.1, -0.05) is 13.0 Å². The van der Waals surface area contributed by atoms with Crippen LogP contribution in [0.25, 0.3) is 10.2 Å². The first kappa shape index (κ1) is 21.5. The molecule has 9 heteroatoms. The number of rotatable bonds is 3. The van der Waals surface area contributed by atoms with E-state index in [4.69, 9.17) is 4.98 Å². The van der Waals surface area contributed by atoms with Crippen molar-refractivity contribution in [1.82, 2.24) is 14.9 Å². The van der Waals surface area contributed by atoms with Gasteiger partial charge in [0.25, 0.3) is 5.91 Å². The molecule has 2 aromatic heterocycles. The van der Waals surface area contributed by atoms with Gasteiger partial charge < -0.3 is 9.80 Å². The van der Waals surface area contributed by atoms with Crippen LogP contribution >= 0.6 is 11.3 Å². The lowest BCUT2D eigenvalue weighted by Crippen LogP contribution is -2.49. The number of carbonyl (C=O) groups is 1. The molecule has 0 N–H and O–H groups in total. The van der Waals surface area contributed by atoms with E-state index in [2.05, 4.69) is 23.7 Å². The number of aryl methyl sites for hydroxylation is 3. The second-order valence-corrected chi connectivity index (χ2v) is 8.84. The summed E-state index contributed by atoms with van der Waals surface area (Å²) in [6, 6.07) is 4.61. The number of carbonyl (C=O) groups excluding carboxylic acids is 1. The molecular formula is C22H23F3N4OS. The zero-order valence-corrected chi connectivity index (χ0v) is 18.4. The van der Waals surface area contributed by atoms with E-state index in [0.29, 0.717) is 26.2 Å². The first-order valence-electron chi connectivity index (χ1n) is 10.2. The molecule has 164 valence electrons. The quantitative estimate of drug-likeness (QED) is 0.575. The fourth-order valence-electron chi connectivity index (χ4n) is 3.79. The summed E-state index contributed by atoms with van der Waals surface area (Å²) in [5.41, 5.74) is 0.418. The van der Waals surface area contributed by atoms with Crippen molar-refractivity contribution in [2.45, 2.75) is 33.4 Å². The first-order valence-corrected chi connectivity index (χ1v) is 11.0. The number of fused-ring (bicyclic) bond motifs is 1. The molecule has 5 nitrogen and oxygen atoms in total. The Hall–Kier alpha value is -2.68. The Balaban J connectivity index is 1.55. The van der Waals surface area contributed by atoms with Gasteiger partial charge in [0, 0.05) is 43.0 Å². The van der Waals surface area contributed by atoms with E-state index in [1.807, 2.05) is 6.92 Å². The highest BCUT2D eigenvalue weighted by Crippen LogP contribution is 2.35. The van der Waals surface area contributed by atoms with Crippen molar-refractivity contribution in [1.29, 1.82) is 0 Å². The molecule has 1 fully saturated rings. The molecule has 1 aliphatic rings. The van der Waals surface area contributed by atoms with Gasteiger partial charge in [0.2, 0.25) is 0 Å². The predicted molar refractivity (Wildman–Crippen MR) is 116 cm³/mol. The third-order valence-electron chi connectivity index (χ3n) is 5.68. The summed E-state index contributed by atoms with van der Waals surface area (Å²) in [4.78, 5) is 28.2. The summed E-state index contributed by atoms with van der Waals surface area (Å²) < 4.78 is 39.0. The smallest absolute Gasteiger partial charge is 0.352 e. The van der Waals surface area contributed by atoms with E-state index in [9.17, 15) is 18.0 Å². The third kappa shape index (κ3) is 4.11. The number of piperazine rings is 1. The lowest BCUT2D eigenvalue weighted by molar-refractivity contribution is -0.137. The fourth-order valence-corrected chi connectivity index (χ4v) is 4.83. The largest absolute Gasteiger partial charge is 0.416 e. The topological polar surface area (TPSA) is 49.3 Å². The van der Waals surface area contributed by atoms with Crippen molar-refractivity contribution in [2.75, 3.05) is 31.1 Å². The molecule has 3 heterocycles. The van der Waals surface area contributed by atoms with Gasteiger partial charge in [-0.25, -0.2) is 9.97 Å². The Kier molecular flexibility index (Phi) is 5.63. The number of benzene rings is 1. The van der Waals surface area contributed by atoms with Crippen LogP contribution in [0.1, 0.15) is 39.1 Å². The summed E-state index contributed by atoms with van der Waals surface area (Å²) in [5, 5.41) is 1.05. The molecule has 0 bridgehead atoms. The number of amides is 1. The van der Waals surface area contributed by atoms with Crippen LogP contribution in [0.2, 0.25) is 0 Å². The van der Waals surface area contributed by atoms with Gasteiger partial charge >= 0.3 is 6.18 Å². The number of hydrogen-bond donors (Lipinski definition) is 0. The van der Waals surface area contributed by atoms with Crippen LogP contribution in [0.15, 0.2) is 24.3 Å². The van der Waals surface area contributed by atoms with E-state index in [1.165, 1.54) is 22.6 Å². The van der Waals surface area contributed by atoms with Crippen LogP contribution in [-0.2, 0) is 12.6 Å². The Labute approximate surface area is 182 Å². The number of nitrogens with zero attached hydrogens (tertiary/aromatic N) is 4. The molecule has 1 aliphatic heterocycles. The second-order valence-electron chi connectivity index (χ2n) is 7.64. The van der Waals surface area contributed by atoms with Crippen molar-refractivity contribution in [2.24, 2.45) is 0 Å². The van der Waals surface area contributed by atoms with Gasteiger partial charge in [-0.15, -0.1) is 11.3 Å². The van der Waals surface area contributed by atoms with Crippen molar-refractivity contribution in [3.63, 3.8) is 0 Å². The van der Waals surface area contributed by atoms with Gasteiger partial charge in [-0.05, 0) is 37.6 Å².